The first-order chi connectivity index (χ1) is 16.3. The SMILES string of the molecule is CCOC(=O)C(CC(C)(C)N1CCN(C(C)(C)CC(C(=O)OCC)C(=O)OCC)C1)C(=O)OCC. The van der Waals surface area contributed by atoms with Crippen LogP contribution in [-0.2, 0) is 38.1 Å². The lowest BCUT2D eigenvalue weighted by Crippen LogP contribution is -2.50. The molecule has 0 aromatic rings. The molecule has 1 saturated heterocycles. The number of rotatable bonds is 14. The van der Waals surface area contributed by atoms with Gasteiger partial charge in [-0.25, -0.2) is 0 Å². The van der Waals surface area contributed by atoms with E-state index < -0.39 is 46.8 Å². The van der Waals surface area contributed by atoms with Gasteiger partial charge in [0.2, 0.25) is 0 Å². The number of nitrogens with zero attached hydrogens (tertiary/aromatic N) is 2. The lowest BCUT2D eigenvalue weighted by Gasteiger charge is -2.40. The topological polar surface area (TPSA) is 112 Å². The van der Waals surface area contributed by atoms with Gasteiger partial charge in [0.15, 0.2) is 11.8 Å². The number of carbonyl (C=O) groups excluding carboxylic acids is 4. The Morgan fingerprint density at radius 3 is 1.09 bits per heavy atom. The Morgan fingerprint density at radius 2 is 0.857 bits per heavy atom. The van der Waals surface area contributed by atoms with Crippen LogP contribution in [0.1, 0.15) is 68.2 Å². The van der Waals surface area contributed by atoms with Crippen molar-refractivity contribution in [2.45, 2.75) is 79.3 Å². The third kappa shape index (κ3) is 8.75. The smallest absolute Gasteiger partial charge is 0.320 e. The molecule has 202 valence electrons. The molecule has 1 heterocycles. The van der Waals surface area contributed by atoms with Crippen molar-refractivity contribution < 1.29 is 38.1 Å². The van der Waals surface area contributed by atoms with Crippen molar-refractivity contribution >= 4 is 23.9 Å². The highest BCUT2D eigenvalue weighted by atomic mass is 16.6. The van der Waals surface area contributed by atoms with E-state index in [0.717, 1.165) is 0 Å². The van der Waals surface area contributed by atoms with Crippen molar-refractivity contribution in [1.82, 2.24) is 9.80 Å². The molecular weight excluding hydrogens is 456 g/mol. The summed E-state index contributed by atoms with van der Waals surface area (Å²) in [5, 5.41) is 0. The largest absolute Gasteiger partial charge is 0.465 e. The molecule has 0 aliphatic carbocycles. The molecule has 1 fully saturated rings. The van der Waals surface area contributed by atoms with Crippen molar-refractivity contribution in [3.05, 3.63) is 0 Å². The van der Waals surface area contributed by atoms with Gasteiger partial charge in [-0.05, 0) is 68.2 Å². The molecule has 35 heavy (non-hydrogen) atoms. The van der Waals surface area contributed by atoms with Crippen LogP contribution in [0, 0.1) is 11.8 Å². The molecule has 10 nitrogen and oxygen atoms in total. The summed E-state index contributed by atoms with van der Waals surface area (Å²) in [5.41, 5.74) is -1.03. The quantitative estimate of drug-likeness (QED) is 0.200. The van der Waals surface area contributed by atoms with Crippen LogP contribution in [0.25, 0.3) is 0 Å². The zero-order valence-corrected chi connectivity index (χ0v) is 22.7. The van der Waals surface area contributed by atoms with E-state index in [9.17, 15) is 19.2 Å². The lowest BCUT2D eigenvalue weighted by atomic mass is 9.88. The van der Waals surface area contributed by atoms with E-state index in [2.05, 4.69) is 9.80 Å². The van der Waals surface area contributed by atoms with Crippen LogP contribution in [0.4, 0.5) is 0 Å². The predicted molar refractivity (Wildman–Crippen MR) is 129 cm³/mol. The van der Waals surface area contributed by atoms with Gasteiger partial charge in [-0.3, -0.25) is 29.0 Å². The molecule has 0 bridgehead atoms. The van der Waals surface area contributed by atoms with Crippen molar-refractivity contribution in [2.24, 2.45) is 11.8 Å². The first kappa shape index (κ1) is 30.8. The van der Waals surface area contributed by atoms with Crippen LogP contribution in [0.15, 0.2) is 0 Å². The summed E-state index contributed by atoms with van der Waals surface area (Å²) in [6, 6.07) is 0. The minimum Gasteiger partial charge on any atom is -0.465 e. The zero-order chi connectivity index (χ0) is 26.8. The van der Waals surface area contributed by atoms with E-state index >= 15 is 0 Å². The highest BCUT2D eigenvalue weighted by Gasteiger charge is 2.44. The predicted octanol–water partition coefficient (Wildman–Crippen LogP) is 2.38. The normalized spacial score (nSPS) is 15.4. The molecule has 10 heteroatoms. The summed E-state index contributed by atoms with van der Waals surface area (Å²) < 4.78 is 20.5. The van der Waals surface area contributed by atoms with Gasteiger partial charge in [0, 0.05) is 24.2 Å². The zero-order valence-electron chi connectivity index (χ0n) is 22.7. The Balaban J connectivity index is 2.98. The van der Waals surface area contributed by atoms with Crippen molar-refractivity contribution in [3.8, 4) is 0 Å². The fourth-order valence-corrected chi connectivity index (χ4v) is 4.33. The fraction of sp³-hybridized carbons (Fsp3) is 0.840. The van der Waals surface area contributed by atoms with Gasteiger partial charge in [-0.2, -0.15) is 0 Å². The fourth-order valence-electron chi connectivity index (χ4n) is 4.33. The second kappa shape index (κ2) is 13.8. The van der Waals surface area contributed by atoms with E-state index in [1.54, 1.807) is 27.7 Å². The maximum absolute atomic E-state index is 12.5. The molecule has 0 saturated carbocycles. The second-order valence-electron chi connectivity index (χ2n) is 9.81. The number of ether oxygens (including phenoxy) is 4. The van der Waals surface area contributed by atoms with E-state index in [1.807, 2.05) is 27.7 Å². The third-order valence-corrected chi connectivity index (χ3v) is 6.39. The van der Waals surface area contributed by atoms with Crippen LogP contribution < -0.4 is 0 Å². The van der Waals surface area contributed by atoms with Gasteiger partial charge in [-0.15, -0.1) is 0 Å². The molecule has 0 atom stereocenters. The van der Waals surface area contributed by atoms with Crippen molar-refractivity contribution in [1.29, 1.82) is 0 Å². The minimum atomic E-state index is -1.01. The van der Waals surface area contributed by atoms with Gasteiger partial charge >= 0.3 is 23.9 Å². The number of hydrogen-bond acceptors (Lipinski definition) is 10. The van der Waals surface area contributed by atoms with Crippen molar-refractivity contribution in [2.75, 3.05) is 46.2 Å². The van der Waals surface area contributed by atoms with Gasteiger partial charge in [0.25, 0.3) is 0 Å². The Hall–Kier alpha value is -2.20. The maximum atomic E-state index is 12.5. The minimum absolute atomic E-state index is 0.183. The van der Waals surface area contributed by atoms with Crippen LogP contribution in [0.5, 0.6) is 0 Å². The van der Waals surface area contributed by atoms with Crippen LogP contribution >= 0.6 is 0 Å². The third-order valence-electron chi connectivity index (χ3n) is 6.39. The van der Waals surface area contributed by atoms with Crippen molar-refractivity contribution in [3.63, 3.8) is 0 Å². The average molecular weight is 501 g/mol. The molecule has 1 aliphatic rings. The Bertz CT molecular complexity index is 641. The monoisotopic (exact) mass is 500 g/mol. The maximum Gasteiger partial charge on any atom is 0.320 e. The molecular formula is C25H44N2O8. The molecule has 1 rings (SSSR count). The average Bonchev–Trinajstić information content (AvgIpc) is 3.29. The lowest BCUT2D eigenvalue weighted by molar-refractivity contribution is -0.164. The molecule has 0 N–H and O–H groups in total. The molecule has 1 aliphatic heterocycles. The van der Waals surface area contributed by atoms with Crippen LogP contribution in [0.3, 0.4) is 0 Å². The summed E-state index contributed by atoms with van der Waals surface area (Å²) in [7, 11) is 0. The summed E-state index contributed by atoms with van der Waals surface area (Å²) in [6.45, 7) is 17.4. The molecule has 0 spiro atoms. The summed E-state index contributed by atoms with van der Waals surface area (Å²) in [4.78, 5) is 54.3. The molecule has 0 unspecified atom stereocenters. The first-order valence-electron chi connectivity index (χ1n) is 12.5. The number of hydrogen-bond donors (Lipinski definition) is 0. The molecule has 0 aromatic carbocycles. The van der Waals surface area contributed by atoms with Gasteiger partial charge < -0.3 is 18.9 Å². The van der Waals surface area contributed by atoms with E-state index in [-0.39, 0.29) is 39.3 Å². The summed E-state index contributed by atoms with van der Waals surface area (Å²) >= 11 is 0. The molecule has 0 amide bonds. The van der Waals surface area contributed by atoms with Crippen LogP contribution in [0.2, 0.25) is 0 Å². The number of esters is 4. The highest BCUT2D eigenvalue weighted by molar-refractivity contribution is 5.95. The van der Waals surface area contributed by atoms with Gasteiger partial charge in [-0.1, -0.05) is 0 Å². The Kier molecular flexibility index (Phi) is 12.1. The first-order valence-corrected chi connectivity index (χ1v) is 12.5. The highest BCUT2D eigenvalue weighted by Crippen LogP contribution is 2.33. The molecule has 0 aromatic heterocycles. The van der Waals surface area contributed by atoms with E-state index in [4.69, 9.17) is 18.9 Å². The standard InChI is InChI=1S/C25H44N2O8/c1-9-32-20(28)18(21(29)33-10-2)15-24(5,6)26-13-14-27(17-26)25(7,8)16-19(22(30)34-11-3)23(31)35-12-4/h18-19H,9-17H2,1-8H3. The Morgan fingerprint density at radius 1 is 0.600 bits per heavy atom. The Labute approximate surface area is 209 Å². The second-order valence-corrected chi connectivity index (χ2v) is 9.81. The van der Waals surface area contributed by atoms with E-state index in [0.29, 0.717) is 19.8 Å². The summed E-state index contributed by atoms with van der Waals surface area (Å²) in [5.74, 6) is -4.35. The van der Waals surface area contributed by atoms with Gasteiger partial charge in [0.1, 0.15) is 0 Å². The molecule has 0 radical (unpaired) electrons. The summed E-state index contributed by atoms with van der Waals surface area (Å²) in [6.07, 6.45) is 0.487. The van der Waals surface area contributed by atoms with E-state index in [1.165, 1.54) is 0 Å². The van der Waals surface area contributed by atoms with Gasteiger partial charge in [0.05, 0.1) is 33.1 Å². The number of carbonyl (C=O) groups is 4. The van der Waals surface area contributed by atoms with Crippen LogP contribution in [-0.4, -0.2) is 90.9 Å².